The van der Waals surface area contributed by atoms with Crippen molar-refractivity contribution >= 4 is 46.7 Å². The molecule has 328 valence electrons. The maximum Gasteiger partial charge on any atom is 0.338 e. The molecule has 2 bridgehead atoms. The lowest BCUT2D eigenvalue weighted by atomic mass is 9.44. The second-order valence-corrected chi connectivity index (χ2v) is 18.6. The summed E-state index contributed by atoms with van der Waals surface area (Å²) >= 11 is 0.975. The van der Waals surface area contributed by atoms with Crippen LogP contribution in [0.3, 0.4) is 0 Å². The molecule has 17 heteroatoms. The van der Waals surface area contributed by atoms with Crippen LogP contribution in [-0.4, -0.2) is 123 Å². The molecule has 3 aliphatic carbocycles. The van der Waals surface area contributed by atoms with Crippen LogP contribution in [0.15, 0.2) is 53.8 Å². The second kappa shape index (κ2) is 16.9. The molecule has 2 heterocycles. The maximum absolute atomic E-state index is 15.4. The minimum atomic E-state index is -2.38. The molecule has 1 unspecified atom stereocenters. The molecule has 60 heavy (non-hydrogen) atoms. The van der Waals surface area contributed by atoms with E-state index in [0.717, 1.165) is 25.6 Å². The summed E-state index contributed by atoms with van der Waals surface area (Å²) in [6.45, 7) is 11.8. The summed E-state index contributed by atoms with van der Waals surface area (Å²) in [4.78, 5) is 82.7. The molecule has 0 aromatic heterocycles. The number of aliphatic hydroxyl groups is 3. The van der Waals surface area contributed by atoms with Gasteiger partial charge >= 0.3 is 23.9 Å². The van der Waals surface area contributed by atoms with Gasteiger partial charge in [-0.15, -0.1) is 0 Å². The second-order valence-electron chi connectivity index (χ2n) is 17.6. The first-order valence-corrected chi connectivity index (χ1v) is 21.1. The highest BCUT2D eigenvalue weighted by atomic mass is 32.2. The number of ether oxygens (including phenoxy) is 6. The van der Waals surface area contributed by atoms with Crippen molar-refractivity contribution in [2.24, 2.45) is 22.7 Å². The van der Waals surface area contributed by atoms with Crippen LogP contribution >= 0.6 is 11.8 Å². The highest BCUT2D eigenvalue weighted by Crippen LogP contribution is 2.64. The zero-order chi connectivity index (χ0) is 44.1. The monoisotopic (exact) mass is 857 g/mol. The van der Waals surface area contributed by atoms with E-state index in [-0.39, 0.29) is 42.1 Å². The zero-order valence-electron chi connectivity index (χ0n) is 35.0. The lowest BCUT2D eigenvalue weighted by molar-refractivity contribution is -0.346. The summed E-state index contributed by atoms with van der Waals surface area (Å²) in [6.07, 6.45) is -7.93. The summed E-state index contributed by atoms with van der Waals surface area (Å²) < 4.78 is 35.8. The molecule has 1 saturated heterocycles. The molecule has 5 aliphatic rings. The van der Waals surface area contributed by atoms with Crippen molar-refractivity contribution in [3.63, 3.8) is 0 Å². The van der Waals surface area contributed by atoms with Gasteiger partial charge in [-0.05, 0) is 49.1 Å². The van der Waals surface area contributed by atoms with Crippen LogP contribution in [0.4, 0.5) is 4.79 Å². The van der Waals surface area contributed by atoms with Gasteiger partial charge in [0.1, 0.15) is 36.1 Å². The van der Waals surface area contributed by atoms with Crippen molar-refractivity contribution in [2.45, 2.75) is 135 Å². The van der Waals surface area contributed by atoms with Crippen LogP contribution in [0.5, 0.6) is 0 Å². The lowest BCUT2D eigenvalue weighted by Gasteiger charge is -2.67. The van der Waals surface area contributed by atoms with Gasteiger partial charge in [0.15, 0.2) is 23.6 Å². The van der Waals surface area contributed by atoms with Gasteiger partial charge in [0.05, 0.1) is 35.9 Å². The Labute approximate surface area is 352 Å². The number of thioether (sulfide) groups is 1. The Bertz CT molecular complexity index is 1940. The number of hydrogen-bond donors (Lipinski definition) is 4. The molecular formula is C43H55NO15S. The van der Waals surface area contributed by atoms with E-state index < -0.39 is 118 Å². The lowest BCUT2D eigenvalue weighted by Crippen LogP contribution is -2.82. The molecule has 0 spiro atoms. The Morgan fingerprint density at radius 2 is 1.70 bits per heavy atom. The first-order valence-electron chi connectivity index (χ1n) is 20.1. The van der Waals surface area contributed by atoms with Crippen LogP contribution < -0.4 is 5.32 Å². The smallest absolute Gasteiger partial charge is 0.338 e. The first-order chi connectivity index (χ1) is 28.1. The van der Waals surface area contributed by atoms with E-state index in [1.165, 1.54) is 32.2 Å². The summed E-state index contributed by atoms with van der Waals surface area (Å²) in [5.74, 6) is -5.58. The topological polar surface area (TPSA) is 231 Å². The van der Waals surface area contributed by atoms with Gasteiger partial charge in [-0.25, -0.2) is 9.59 Å². The molecular weight excluding hydrogens is 803 g/mol. The number of carbonyl (C=O) groups excluding carboxylic acids is 6. The SMILES string of the molecule is CC(=O)O[C@H]1C(=O)[C@@]2(C)[C@H]([C@H](OC(=O)c3ccccc3)[C@]3(O)C[C@H](OC(=O)[C@H](O)[C@@H](NC(=O)SCC(C)C)C4CC=CO4)C(C)=C1C3(C)C)[C@]1(OC(C)=O)CO[C@@H]1C[C@@H]2O. The fourth-order valence-electron chi connectivity index (χ4n) is 9.80. The summed E-state index contributed by atoms with van der Waals surface area (Å²) in [5.41, 5.74) is -7.58. The molecule has 0 radical (unpaired) electrons. The summed E-state index contributed by atoms with van der Waals surface area (Å²) in [7, 11) is 0. The standard InChI is InChI=1S/C43H55NO15S/c1-21(2)19-60-39(52)44-31(26-15-12-16-54-26)32(48)38(51)57-27-18-43(53)36(58-37(50)25-13-10-9-11-14-25)34-41(8,28(47)17-29-42(34,20-55-29)59-24(5)46)35(49)33(56-23(4)45)30(22(27)3)40(43,6)7/h9-14,16,21,26-29,31-34,36,47-48,53H,15,17-20H2,1-8H3,(H,44,52)/t26?,27-,28-,29+,31-,32+,33+,34-,36-,41+,42-,43+/m0/s1. The number of aliphatic hydroxyl groups excluding tert-OH is 2. The number of amides is 1. The van der Waals surface area contributed by atoms with Gasteiger partial charge in [0.2, 0.25) is 0 Å². The molecule has 12 atom stereocenters. The van der Waals surface area contributed by atoms with E-state index in [1.54, 1.807) is 38.1 Å². The van der Waals surface area contributed by atoms with Gasteiger partial charge in [0, 0.05) is 44.3 Å². The average molecular weight is 858 g/mol. The Morgan fingerprint density at radius 1 is 1.02 bits per heavy atom. The largest absolute Gasteiger partial charge is 0.496 e. The first kappa shape index (κ1) is 45.2. The molecule has 4 N–H and O–H groups in total. The van der Waals surface area contributed by atoms with E-state index in [1.807, 2.05) is 13.8 Å². The molecule has 3 fully saturated rings. The van der Waals surface area contributed by atoms with Crippen molar-refractivity contribution in [1.82, 2.24) is 5.32 Å². The fraction of sp³-hybridized carbons (Fsp3) is 0.628. The summed E-state index contributed by atoms with van der Waals surface area (Å²) in [6, 6.07) is 6.57. The highest BCUT2D eigenvalue weighted by Gasteiger charge is 2.78. The third-order valence-corrected chi connectivity index (χ3v) is 14.2. The number of esters is 4. The van der Waals surface area contributed by atoms with E-state index in [2.05, 4.69) is 5.32 Å². The molecule has 1 amide bonds. The minimum Gasteiger partial charge on any atom is -0.496 e. The quantitative estimate of drug-likeness (QED) is 0.142. The highest BCUT2D eigenvalue weighted by molar-refractivity contribution is 8.13. The van der Waals surface area contributed by atoms with E-state index >= 15 is 4.79 Å². The predicted octanol–water partition coefficient (Wildman–Crippen LogP) is 3.33. The van der Waals surface area contributed by atoms with Crippen molar-refractivity contribution in [3.05, 3.63) is 59.4 Å². The van der Waals surface area contributed by atoms with Gasteiger partial charge in [-0.2, -0.15) is 0 Å². The molecule has 2 saturated carbocycles. The third kappa shape index (κ3) is 7.76. The van der Waals surface area contributed by atoms with Gasteiger partial charge in [-0.1, -0.05) is 57.7 Å². The van der Waals surface area contributed by atoms with Crippen molar-refractivity contribution in [2.75, 3.05) is 12.4 Å². The van der Waals surface area contributed by atoms with Crippen molar-refractivity contribution < 1.29 is 72.5 Å². The van der Waals surface area contributed by atoms with E-state index in [4.69, 9.17) is 28.4 Å². The Balaban J connectivity index is 1.51. The Kier molecular flexibility index (Phi) is 12.7. The minimum absolute atomic E-state index is 0.00292. The number of ketones is 1. The molecule has 16 nitrogen and oxygen atoms in total. The number of carbonyl (C=O) groups is 6. The number of Topliss-reactive ketones (excluding diaryl/α,β-unsaturated/α-hetero) is 1. The van der Waals surface area contributed by atoms with Crippen LogP contribution in [-0.2, 0) is 47.6 Å². The Morgan fingerprint density at radius 3 is 2.27 bits per heavy atom. The van der Waals surface area contributed by atoms with Crippen LogP contribution in [0.2, 0.25) is 0 Å². The number of fused-ring (bicyclic) bond motifs is 5. The van der Waals surface area contributed by atoms with Crippen LogP contribution in [0.25, 0.3) is 0 Å². The fourth-order valence-corrected chi connectivity index (χ4v) is 10.5. The van der Waals surface area contributed by atoms with Crippen molar-refractivity contribution in [1.29, 1.82) is 0 Å². The number of benzene rings is 1. The van der Waals surface area contributed by atoms with E-state index in [0.29, 0.717) is 5.75 Å². The molecule has 6 rings (SSSR count). The van der Waals surface area contributed by atoms with Gasteiger partial charge in [0.25, 0.3) is 5.24 Å². The number of hydrogen-bond acceptors (Lipinski definition) is 16. The van der Waals surface area contributed by atoms with Crippen molar-refractivity contribution in [3.8, 4) is 0 Å². The van der Waals surface area contributed by atoms with Crippen LogP contribution in [0.1, 0.15) is 85.0 Å². The predicted molar refractivity (Wildman–Crippen MR) is 213 cm³/mol. The third-order valence-electron chi connectivity index (χ3n) is 13.0. The number of nitrogens with one attached hydrogen (secondary N) is 1. The summed E-state index contributed by atoms with van der Waals surface area (Å²) in [5, 5.41) is 39.4. The zero-order valence-corrected chi connectivity index (χ0v) is 35.8. The maximum atomic E-state index is 15.4. The normalized spacial score (nSPS) is 34.9. The van der Waals surface area contributed by atoms with Crippen LogP contribution in [0, 0.1) is 22.7 Å². The Hall–Kier alpha value is -4.29. The molecule has 1 aromatic rings. The number of rotatable bonds is 11. The van der Waals surface area contributed by atoms with Gasteiger partial charge in [-0.3, -0.25) is 19.2 Å². The molecule has 1 aromatic carbocycles. The van der Waals surface area contributed by atoms with Gasteiger partial charge < -0.3 is 49.1 Å². The average Bonchev–Trinajstić information content (AvgIpc) is 3.72. The van der Waals surface area contributed by atoms with E-state index in [9.17, 15) is 39.3 Å². The molecule has 2 aliphatic heterocycles.